The molecule has 4 atom stereocenters. The largest absolute Gasteiger partial charge is 0.503 e. The Morgan fingerprint density at radius 1 is 1.33 bits per heavy atom. The minimum atomic E-state index is -1.34. The van der Waals surface area contributed by atoms with Crippen LogP contribution in [0.1, 0.15) is 6.23 Å². The maximum atomic E-state index is 11.6. The van der Waals surface area contributed by atoms with Gasteiger partial charge < -0.3 is 25.2 Å². The predicted molar refractivity (Wildman–Crippen MR) is 62.6 cm³/mol. The summed E-state index contributed by atoms with van der Waals surface area (Å²) >= 11 is 0. The minimum Gasteiger partial charge on any atom is -0.503 e. The van der Waals surface area contributed by atoms with Gasteiger partial charge in [0.25, 0.3) is 5.56 Å². The molecule has 1 aliphatic rings. The second kappa shape index (κ2) is 5.68. The van der Waals surface area contributed by atoms with Crippen LogP contribution in [-0.2, 0) is 4.74 Å². The van der Waals surface area contributed by atoms with Gasteiger partial charge in [-0.1, -0.05) is 0 Å². The second-order valence-electron chi connectivity index (χ2n) is 3.83. The van der Waals surface area contributed by atoms with E-state index in [4.69, 9.17) is 9.84 Å². The van der Waals surface area contributed by atoms with Crippen molar-refractivity contribution >= 4 is 12.4 Å². The fourth-order valence-electron chi connectivity index (χ4n) is 1.81. The van der Waals surface area contributed by atoms with Gasteiger partial charge in [-0.15, -0.1) is 12.4 Å². The summed E-state index contributed by atoms with van der Waals surface area (Å²) in [5.41, 5.74) is -0.734. The predicted octanol–water partition coefficient (Wildman–Crippen LogP) is -1.41. The molecule has 1 aliphatic heterocycles. The molecule has 0 aliphatic carbocycles. The smallest absolute Gasteiger partial charge is 0.294 e. The molecule has 8 heteroatoms. The number of hydrogen-bond acceptors (Lipinski definition) is 6. The molecule has 1 aromatic heterocycles. The molecule has 7 nitrogen and oxygen atoms in total. The van der Waals surface area contributed by atoms with Crippen molar-refractivity contribution in [2.24, 2.45) is 0 Å². The summed E-state index contributed by atoms with van der Waals surface area (Å²) in [6.45, 7) is -0.470. The lowest BCUT2D eigenvalue weighted by Crippen LogP contribution is -2.35. The fraction of sp³-hybridized carbons (Fsp3) is 0.500. The van der Waals surface area contributed by atoms with E-state index in [9.17, 15) is 20.1 Å². The number of hydrogen-bond donors (Lipinski definition) is 4. The first-order chi connectivity index (χ1) is 8.06. The van der Waals surface area contributed by atoms with Gasteiger partial charge >= 0.3 is 0 Å². The third kappa shape index (κ3) is 2.36. The summed E-state index contributed by atoms with van der Waals surface area (Å²) in [5, 5.41) is 37.4. The van der Waals surface area contributed by atoms with E-state index in [1.165, 1.54) is 18.3 Å². The molecule has 1 fully saturated rings. The minimum absolute atomic E-state index is 0. The molecule has 0 aromatic carbocycles. The van der Waals surface area contributed by atoms with Crippen LogP contribution in [0.2, 0.25) is 0 Å². The van der Waals surface area contributed by atoms with Crippen molar-refractivity contribution in [3.63, 3.8) is 0 Å². The summed E-state index contributed by atoms with van der Waals surface area (Å²) in [4.78, 5) is 11.6. The van der Waals surface area contributed by atoms with Crippen molar-refractivity contribution in [2.75, 3.05) is 6.61 Å². The zero-order chi connectivity index (χ0) is 12.6. The van der Waals surface area contributed by atoms with Gasteiger partial charge in [-0.2, -0.15) is 0 Å². The highest BCUT2D eigenvalue weighted by Gasteiger charge is 2.43. The molecule has 2 rings (SSSR count). The van der Waals surface area contributed by atoms with Gasteiger partial charge in [0.05, 0.1) is 6.61 Å². The molecule has 0 amide bonds. The number of halogens is 1. The molecular formula is C10H14ClNO6. The fourth-order valence-corrected chi connectivity index (χ4v) is 1.81. The van der Waals surface area contributed by atoms with Gasteiger partial charge in [-0.05, 0) is 12.1 Å². The van der Waals surface area contributed by atoms with Gasteiger partial charge in [0.2, 0.25) is 0 Å². The highest BCUT2D eigenvalue weighted by molar-refractivity contribution is 5.85. The van der Waals surface area contributed by atoms with Crippen LogP contribution in [0.4, 0.5) is 0 Å². The zero-order valence-electron chi connectivity index (χ0n) is 9.21. The number of aromatic hydroxyl groups is 1. The van der Waals surface area contributed by atoms with Crippen molar-refractivity contribution < 1.29 is 25.2 Å². The lowest BCUT2D eigenvalue weighted by molar-refractivity contribution is -0.0546. The summed E-state index contributed by atoms with van der Waals surface area (Å²) in [6, 6.07) is 2.62. The van der Waals surface area contributed by atoms with E-state index in [2.05, 4.69) is 0 Å². The second-order valence-corrected chi connectivity index (χ2v) is 3.83. The van der Waals surface area contributed by atoms with Crippen molar-refractivity contribution in [3.05, 3.63) is 28.7 Å². The number of aliphatic hydroxyl groups excluding tert-OH is 3. The molecule has 102 valence electrons. The summed E-state index contributed by atoms with van der Waals surface area (Å²) < 4.78 is 6.13. The molecule has 0 saturated carbocycles. The summed E-state index contributed by atoms with van der Waals surface area (Å²) in [5.74, 6) is -0.481. The standard InChI is InChI=1S/C10H13NO6.ClH/c12-4-6-7(14)8(15)10(17-6)11-3-1-2-5(13)9(11)16;/h1-3,6-8,10,12-15H,4H2;1H/t6-,7-,8+,10-;/m1./s1. The topological polar surface area (TPSA) is 112 Å². The summed E-state index contributed by atoms with van der Waals surface area (Å²) in [7, 11) is 0. The van der Waals surface area contributed by atoms with Crippen LogP contribution in [0.5, 0.6) is 5.75 Å². The van der Waals surface area contributed by atoms with Crippen LogP contribution in [-0.4, -0.2) is 49.9 Å². The first kappa shape index (κ1) is 14.9. The van der Waals surface area contributed by atoms with Gasteiger partial charge in [0.1, 0.15) is 18.3 Å². The third-order valence-corrected chi connectivity index (χ3v) is 2.75. The Kier molecular flexibility index (Phi) is 4.71. The molecule has 1 saturated heterocycles. The number of rotatable bonds is 2. The van der Waals surface area contributed by atoms with E-state index >= 15 is 0 Å². The summed E-state index contributed by atoms with van der Waals surface area (Å²) in [6.07, 6.45) is -3.38. The monoisotopic (exact) mass is 279 g/mol. The van der Waals surface area contributed by atoms with Crippen LogP contribution in [0, 0.1) is 0 Å². The Hall–Kier alpha value is -1.12. The van der Waals surface area contributed by atoms with Crippen molar-refractivity contribution in [3.8, 4) is 5.75 Å². The Balaban J connectivity index is 0.00000162. The molecule has 0 spiro atoms. The zero-order valence-corrected chi connectivity index (χ0v) is 10.0. The molecule has 18 heavy (non-hydrogen) atoms. The highest BCUT2D eigenvalue weighted by Crippen LogP contribution is 2.28. The first-order valence-electron chi connectivity index (χ1n) is 5.09. The molecule has 0 bridgehead atoms. The van der Waals surface area contributed by atoms with E-state index in [0.29, 0.717) is 0 Å². The Morgan fingerprint density at radius 3 is 2.56 bits per heavy atom. The lowest BCUT2D eigenvalue weighted by Gasteiger charge is -2.17. The number of pyridine rings is 1. The number of aliphatic hydroxyl groups is 3. The third-order valence-electron chi connectivity index (χ3n) is 2.75. The van der Waals surface area contributed by atoms with Crippen molar-refractivity contribution in [1.82, 2.24) is 4.57 Å². The molecule has 0 unspecified atom stereocenters. The number of ether oxygens (including phenoxy) is 1. The molecule has 0 radical (unpaired) electrons. The Labute approximate surface area is 108 Å². The molecule has 1 aromatic rings. The quantitative estimate of drug-likeness (QED) is 0.529. The van der Waals surface area contributed by atoms with Crippen molar-refractivity contribution in [2.45, 2.75) is 24.5 Å². The van der Waals surface area contributed by atoms with Gasteiger partial charge in [0, 0.05) is 6.20 Å². The van der Waals surface area contributed by atoms with E-state index < -0.39 is 42.5 Å². The van der Waals surface area contributed by atoms with Crippen LogP contribution in [0.25, 0.3) is 0 Å². The number of aromatic nitrogens is 1. The maximum Gasteiger partial charge on any atom is 0.294 e. The molecule has 4 N–H and O–H groups in total. The van der Waals surface area contributed by atoms with E-state index in [1.807, 2.05) is 0 Å². The van der Waals surface area contributed by atoms with E-state index in [0.717, 1.165) is 4.57 Å². The Morgan fingerprint density at radius 2 is 2.00 bits per heavy atom. The van der Waals surface area contributed by atoms with Crippen molar-refractivity contribution in [1.29, 1.82) is 0 Å². The van der Waals surface area contributed by atoms with E-state index in [1.54, 1.807) is 0 Å². The average Bonchev–Trinajstić information content (AvgIpc) is 2.60. The lowest BCUT2D eigenvalue weighted by atomic mass is 10.1. The van der Waals surface area contributed by atoms with Gasteiger partial charge in [-0.25, -0.2) is 0 Å². The number of nitrogens with zero attached hydrogens (tertiary/aromatic N) is 1. The van der Waals surface area contributed by atoms with Gasteiger partial charge in [-0.3, -0.25) is 9.36 Å². The van der Waals surface area contributed by atoms with Crippen LogP contribution in [0.15, 0.2) is 23.1 Å². The van der Waals surface area contributed by atoms with Crippen LogP contribution < -0.4 is 5.56 Å². The Bertz CT molecular complexity index is 464. The molecular weight excluding hydrogens is 266 g/mol. The highest BCUT2D eigenvalue weighted by atomic mass is 35.5. The average molecular weight is 280 g/mol. The normalized spacial score (nSPS) is 31.1. The van der Waals surface area contributed by atoms with Gasteiger partial charge in [0.15, 0.2) is 12.0 Å². The van der Waals surface area contributed by atoms with Crippen LogP contribution >= 0.6 is 12.4 Å². The molecule has 2 heterocycles. The maximum absolute atomic E-state index is 11.6. The van der Waals surface area contributed by atoms with E-state index in [-0.39, 0.29) is 12.4 Å². The van der Waals surface area contributed by atoms with Crippen LogP contribution in [0.3, 0.4) is 0 Å². The SMILES string of the molecule is Cl.O=c1c(O)cccn1[C@@H]1O[C@H](CO)[C@@H](O)[C@@H]1O. The first-order valence-corrected chi connectivity index (χ1v) is 5.09.